The second kappa shape index (κ2) is 6.09. The molecule has 0 saturated carbocycles. The van der Waals surface area contributed by atoms with Crippen molar-refractivity contribution in [2.45, 2.75) is 0 Å². The van der Waals surface area contributed by atoms with E-state index in [4.69, 9.17) is 0 Å². The third kappa shape index (κ3) is 2.78. The van der Waals surface area contributed by atoms with Crippen molar-refractivity contribution < 1.29 is 0 Å². The number of aromatic amines is 1. The van der Waals surface area contributed by atoms with Crippen molar-refractivity contribution in [2.75, 3.05) is 38.1 Å². The van der Waals surface area contributed by atoms with Crippen LogP contribution in [0.3, 0.4) is 0 Å². The molecule has 0 spiro atoms. The molecule has 0 atom stereocenters. The van der Waals surface area contributed by atoms with Crippen molar-refractivity contribution in [3.63, 3.8) is 0 Å². The van der Waals surface area contributed by atoms with Gasteiger partial charge in [-0.2, -0.15) is 0 Å². The fourth-order valence-electron chi connectivity index (χ4n) is 3.14. The largest absolute Gasteiger partial charge is 0.369 e. The fourth-order valence-corrected chi connectivity index (χ4v) is 3.14. The second-order valence-corrected chi connectivity index (χ2v) is 6.27. The SMILES string of the molecule is CN1CCN(c2cccc(-c3nc4ccccc4c(=O)[nH]3)c2)CC1. The van der Waals surface area contributed by atoms with Gasteiger partial charge in [-0.15, -0.1) is 0 Å². The first kappa shape index (κ1) is 14.9. The molecule has 1 saturated heterocycles. The van der Waals surface area contributed by atoms with Gasteiger partial charge in [-0.1, -0.05) is 24.3 Å². The minimum absolute atomic E-state index is 0.0967. The van der Waals surface area contributed by atoms with Crippen LogP contribution in [0.4, 0.5) is 5.69 Å². The number of piperazine rings is 1. The van der Waals surface area contributed by atoms with Crippen molar-refractivity contribution in [3.8, 4) is 11.4 Å². The van der Waals surface area contributed by atoms with Gasteiger partial charge in [0.25, 0.3) is 5.56 Å². The van der Waals surface area contributed by atoms with Gasteiger partial charge in [-0.25, -0.2) is 4.98 Å². The van der Waals surface area contributed by atoms with Crippen molar-refractivity contribution in [1.82, 2.24) is 14.9 Å². The number of para-hydroxylation sites is 1. The number of nitrogens with zero attached hydrogens (tertiary/aromatic N) is 3. The molecular weight excluding hydrogens is 300 g/mol. The van der Waals surface area contributed by atoms with Gasteiger partial charge in [-0.3, -0.25) is 4.79 Å². The first-order chi connectivity index (χ1) is 11.7. The van der Waals surface area contributed by atoms with Crippen molar-refractivity contribution >= 4 is 16.6 Å². The maximum Gasteiger partial charge on any atom is 0.259 e. The van der Waals surface area contributed by atoms with Gasteiger partial charge in [0.05, 0.1) is 10.9 Å². The molecule has 1 fully saturated rings. The number of H-pyrrole nitrogens is 1. The summed E-state index contributed by atoms with van der Waals surface area (Å²) in [6, 6.07) is 15.7. The highest BCUT2D eigenvalue weighted by Crippen LogP contribution is 2.23. The van der Waals surface area contributed by atoms with Gasteiger partial charge < -0.3 is 14.8 Å². The summed E-state index contributed by atoms with van der Waals surface area (Å²) in [7, 11) is 2.15. The number of fused-ring (bicyclic) bond motifs is 1. The summed E-state index contributed by atoms with van der Waals surface area (Å²) < 4.78 is 0. The van der Waals surface area contributed by atoms with Gasteiger partial charge in [0.1, 0.15) is 5.82 Å². The Hall–Kier alpha value is -2.66. The van der Waals surface area contributed by atoms with Gasteiger partial charge >= 0.3 is 0 Å². The van der Waals surface area contributed by atoms with Crippen LogP contribution in [0.25, 0.3) is 22.3 Å². The molecule has 1 aliphatic heterocycles. The number of rotatable bonds is 2. The van der Waals surface area contributed by atoms with Gasteiger partial charge in [-0.05, 0) is 31.3 Å². The van der Waals surface area contributed by atoms with E-state index in [2.05, 4.69) is 38.9 Å². The van der Waals surface area contributed by atoms with E-state index in [0.29, 0.717) is 11.2 Å². The molecule has 122 valence electrons. The predicted octanol–water partition coefficient (Wildman–Crippen LogP) is 2.34. The van der Waals surface area contributed by atoms with Crippen LogP contribution in [0.1, 0.15) is 0 Å². The van der Waals surface area contributed by atoms with Crippen LogP contribution in [0.2, 0.25) is 0 Å². The summed E-state index contributed by atoms with van der Waals surface area (Å²) in [5.41, 5.74) is 2.74. The molecule has 1 aliphatic rings. The zero-order valence-corrected chi connectivity index (χ0v) is 13.7. The smallest absolute Gasteiger partial charge is 0.259 e. The zero-order chi connectivity index (χ0) is 16.5. The van der Waals surface area contributed by atoms with Gasteiger partial charge in [0, 0.05) is 37.4 Å². The highest BCUT2D eigenvalue weighted by Gasteiger charge is 2.15. The minimum atomic E-state index is -0.0967. The van der Waals surface area contributed by atoms with Crippen LogP contribution < -0.4 is 10.5 Å². The van der Waals surface area contributed by atoms with E-state index in [1.807, 2.05) is 30.3 Å². The Morgan fingerprint density at radius 1 is 1.00 bits per heavy atom. The standard InChI is InChI=1S/C19H20N4O/c1-22-9-11-23(12-10-22)15-6-4-5-14(13-15)18-20-17-8-3-2-7-16(17)19(24)21-18/h2-8,13H,9-12H2,1H3,(H,20,21,24). The number of hydrogen-bond donors (Lipinski definition) is 1. The topological polar surface area (TPSA) is 52.2 Å². The summed E-state index contributed by atoms with van der Waals surface area (Å²) in [6.45, 7) is 4.16. The fraction of sp³-hybridized carbons (Fsp3) is 0.263. The van der Waals surface area contributed by atoms with Crippen molar-refractivity contribution in [3.05, 3.63) is 58.9 Å². The summed E-state index contributed by atoms with van der Waals surface area (Å²) in [6.07, 6.45) is 0. The number of hydrogen-bond acceptors (Lipinski definition) is 4. The van der Waals surface area contributed by atoms with E-state index in [1.54, 1.807) is 6.07 Å². The molecule has 1 aromatic heterocycles. The van der Waals surface area contributed by atoms with Crippen LogP contribution in [-0.4, -0.2) is 48.1 Å². The lowest BCUT2D eigenvalue weighted by atomic mass is 10.1. The number of benzene rings is 2. The molecular formula is C19H20N4O. The first-order valence-electron chi connectivity index (χ1n) is 8.24. The third-order valence-electron chi connectivity index (χ3n) is 4.60. The number of aromatic nitrogens is 2. The van der Waals surface area contributed by atoms with E-state index in [1.165, 1.54) is 5.69 Å². The molecule has 1 N–H and O–H groups in total. The molecule has 2 heterocycles. The van der Waals surface area contributed by atoms with E-state index >= 15 is 0 Å². The normalized spacial score (nSPS) is 15.8. The zero-order valence-electron chi connectivity index (χ0n) is 13.7. The lowest BCUT2D eigenvalue weighted by Gasteiger charge is -2.34. The average Bonchev–Trinajstić information content (AvgIpc) is 2.62. The molecule has 5 heteroatoms. The van der Waals surface area contributed by atoms with Crippen LogP contribution in [0, 0.1) is 0 Å². The van der Waals surface area contributed by atoms with E-state index in [9.17, 15) is 4.79 Å². The highest BCUT2D eigenvalue weighted by atomic mass is 16.1. The molecule has 0 bridgehead atoms. The molecule has 4 rings (SSSR count). The Bertz CT molecular complexity index is 926. The molecule has 2 aromatic carbocycles. The van der Waals surface area contributed by atoms with Gasteiger partial charge in [0.15, 0.2) is 0 Å². The summed E-state index contributed by atoms with van der Waals surface area (Å²) in [4.78, 5) is 24.5. The van der Waals surface area contributed by atoms with Crippen LogP contribution >= 0.6 is 0 Å². The number of nitrogens with one attached hydrogen (secondary N) is 1. The van der Waals surface area contributed by atoms with Crippen LogP contribution in [-0.2, 0) is 0 Å². The minimum Gasteiger partial charge on any atom is -0.369 e. The maximum absolute atomic E-state index is 12.3. The van der Waals surface area contributed by atoms with E-state index in [-0.39, 0.29) is 5.56 Å². The van der Waals surface area contributed by atoms with Crippen LogP contribution in [0.15, 0.2) is 53.3 Å². The predicted molar refractivity (Wildman–Crippen MR) is 97.5 cm³/mol. The lowest BCUT2D eigenvalue weighted by molar-refractivity contribution is 0.313. The Labute approximate surface area is 140 Å². The Morgan fingerprint density at radius 3 is 2.62 bits per heavy atom. The number of likely N-dealkylation sites (N-methyl/N-ethyl adjacent to an activating group) is 1. The summed E-state index contributed by atoms with van der Waals surface area (Å²) >= 11 is 0. The average molecular weight is 320 g/mol. The third-order valence-corrected chi connectivity index (χ3v) is 4.60. The molecule has 5 nitrogen and oxygen atoms in total. The molecule has 0 amide bonds. The number of anilines is 1. The quantitative estimate of drug-likeness (QED) is 0.787. The Morgan fingerprint density at radius 2 is 1.79 bits per heavy atom. The van der Waals surface area contributed by atoms with Crippen molar-refractivity contribution in [1.29, 1.82) is 0 Å². The first-order valence-corrected chi connectivity index (χ1v) is 8.24. The lowest BCUT2D eigenvalue weighted by Crippen LogP contribution is -2.44. The summed E-state index contributed by atoms with van der Waals surface area (Å²) in [5, 5.41) is 0.622. The van der Waals surface area contributed by atoms with Crippen LogP contribution in [0.5, 0.6) is 0 Å². The summed E-state index contributed by atoms with van der Waals surface area (Å²) in [5.74, 6) is 0.620. The molecule has 0 unspecified atom stereocenters. The monoisotopic (exact) mass is 320 g/mol. The molecule has 24 heavy (non-hydrogen) atoms. The molecule has 0 aliphatic carbocycles. The van der Waals surface area contributed by atoms with Gasteiger partial charge in [0.2, 0.25) is 0 Å². The van der Waals surface area contributed by atoms with E-state index < -0.39 is 0 Å². The molecule has 0 radical (unpaired) electrons. The molecule has 3 aromatic rings. The highest BCUT2D eigenvalue weighted by molar-refractivity contribution is 5.79. The maximum atomic E-state index is 12.3. The Kier molecular flexibility index (Phi) is 3.78. The van der Waals surface area contributed by atoms with E-state index in [0.717, 1.165) is 37.3 Å². The van der Waals surface area contributed by atoms with Crippen molar-refractivity contribution in [2.24, 2.45) is 0 Å². The Balaban J connectivity index is 1.72. The second-order valence-electron chi connectivity index (χ2n) is 6.27.